The number of amides is 1. The van der Waals surface area contributed by atoms with E-state index in [-0.39, 0.29) is 17.9 Å². The van der Waals surface area contributed by atoms with Gasteiger partial charge in [-0.2, -0.15) is 5.26 Å². The maximum Gasteiger partial charge on any atom is 0.273 e. The van der Waals surface area contributed by atoms with Crippen LogP contribution in [-0.4, -0.2) is 44.9 Å². The average molecular weight is 475 g/mol. The first-order valence-corrected chi connectivity index (χ1v) is 12.1. The Labute approximate surface area is 204 Å². The minimum atomic E-state index is -0.216. The molecule has 2 aliphatic rings. The second-order valence-electron chi connectivity index (χ2n) is 9.21. The molecular formula is C26H27ClN6O. The fourth-order valence-corrected chi connectivity index (χ4v) is 5.10. The fraction of sp³-hybridized carbons (Fsp3) is 0.385. The Balaban J connectivity index is 1.17. The van der Waals surface area contributed by atoms with Gasteiger partial charge >= 0.3 is 0 Å². The van der Waals surface area contributed by atoms with Crippen molar-refractivity contribution in [1.82, 2.24) is 25.2 Å². The van der Waals surface area contributed by atoms with Gasteiger partial charge in [0.1, 0.15) is 0 Å². The highest BCUT2D eigenvalue weighted by Crippen LogP contribution is 2.39. The summed E-state index contributed by atoms with van der Waals surface area (Å²) >= 11 is 6.11. The maximum absolute atomic E-state index is 12.7. The summed E-state index contributed by atoms with van der Waals surface area (Å²) in [7, 11) is 0. The second kappa shape index (κ2) is 9.57. The van der Waals surface area contributed by atoms with Gasteiger partial charge in [-0.1, -0.05) is 41.9 Å². The highest BCUT2D eigenvalue weighted by molar-refractivity contribution is 6.30. The topological polar surface area (TPSA) is 86.8 Å². The zero-order chi connectivity index (χ0) is 23.7. The lowest BCUT2D eigenvalue weighted by atomic mass is 9.74. The van der Waals surface area contributed by atoms with Crippen LogP contribution in [0.4, 0.5) is 0 Å². The molecular weight excluding hydrogens is 448 g/mol. The van der Waals surface area contributed by atoms with Crippen LogP contribution in [0.3, 0.4) is 0 Å². The first kappa shape index (κ1) is 22.6. The molecule has 0 spiro atoms. The molecule has 3 aromatic rings. The molecule has 0 bridgehead atoms. The van der Waals surface area contributed by atoms with E-state index < -0.39 is 0 Å². The molecule has 1 aliphatic carbocycles. The number of benzene rings is 2. The van der Waals surface area contributed by atoms with E-state index in [9.17, 15) is 10.1 Å². The van der Waals surface area contributed by atoms with E-state index >= 15 is 0 Å². The van der Waals surface area contributed by atoms with Gasteiger partial charge in [0.05, 0.1) is 24.4 Å². The lowest BCUT2D eigenvalue weighted by Gasteiger charge is -2.36. The normalized spacial score (nSPS) is 19.7. The van der Waals surface area contributed by atoms with Gasteiger partial charge in [0, 0.05) is 24.2 Å². The summed E-state index contributed by atoms with van der Waals surface area (Å²) < 4.78 is 1.71. The van der Waals surface area contributed by atoms with Crippen LogP contribution in [0.15, 0.2) is 42.6 Å². The molecule has 0 radical (unpaired) electrons. The summed E-state index contributed by atoms with van der Waals surface area (Å²) in [6, 6.07) is 14.2. The largest absolute Gasteiger partial charge is 0.348 e. The summed E-state index contributed by atoms with van der Waals surface area (Å²) in [6.45, 7) is 5.97. The van der Waals surface area contributed by atoms with Crippen LogP contribution >= 0.6 is 11.6 Å². The lowest BCUT2D eigenvalue weighted by molar-refractivity contribution is 0.0903. The Kier molecular flexibility index (Phi) is 6.36. The third kappa shape index (κ3) is 4.70. The number of likely N-dealkylation sites (N-methyl/N-ethyl adjacent to an activating group) is 1. The smallest absolute Gasteiger partial charge is 0.273 e. The molecule has 5 rings (SSSR count). The Bertz CT molecular complexity index is 1260. The number of hydrogen-bond donors (Lipinski definition) is 1. The summed E-state index contributed by atoms with van der Waals surface area (Å²) in [6.07, 6.45) is 4.32. The molecule has 1 aliphatic heterocycles. The van der Waals surface area contributed by atoms with Gasteiger partial charge in [-0.3, -0.25) is 9.69 Å². The van der Waals surface area contributed by atoms with Gasteiger partial charge < -0.3 is 5.32 Å². The Morgan fingerprint density at radius 3 is 2.88 bits per heavy atom. The number of carbonyl (C=O) groups excluding carboxylic acids is 1. The van der Waals surface area contributed by atoms with E-state index in [1.165, 1.54) is 11.1 Å². The van der Waals surface area contributed by atoms with E-state index in [1.54, 1.807) is 23.0 Å². The molecule has 0 unspecified atom stereocenters. The van der Waals surface area contributed by atoms with Gasteiger partial charge in [0.2, 0.25) is 0 Å². The number of rotatable bonds is 6. The average Bonchev–Trinajstić information content (AvgIpc) is 3.29. The number of carbonyl (C=O) groups is 1. The van der Waals surface area contributed by atoms with Crippen LogP contribution < -0.4 is 5.32 Å². The molecule has 0 atom stereocenters. The first-order chi connectivity index (χ1) is 16.5. The molecule has 7 nitrogen and oxygen atoms in total. The third-order valence-corrected chi connectivity index (χ3v) is 7.21. The van der Waals surface area contributed by atoms with Crippen molar-refractivity contribution in [2.75, 3.05) is 13.1 Å². The van der Waals surface area contributed by atoms with Crippen molar-refractivity contribution >= 4 is 17.5 Å². The van der Waals surface area contributed by atoms with E-state index in [0.29, 0.717) is 22.8 Å². The highest BCUT2D eigenvalue weighted by atomic mass is 35.5. The monoisotopic (exact) mass is 474 g/mol. The van der Waals surface area contributed by atoms with Gasteiger partial charge in [-0.15, -0.1) is 5.10 Å². The third-order valence-electron chi connectivity index (χ3n) is 6.97. The van der Waals surface area contributed by atoms with Crippen molar-refractivity contribution in [2.45, 2.75) is 51.2 Å². The summed E-state index contributed by atoms with van der Waals surface area (Å²) in [5.74, 6) is 0.00847. The van der Waals surface area contributed by atoms with E-state index in [4.69, 9.17) is 11.6 Å². The molecule has 1 fully saturated rings. The van der Waals surface area contributed by atoms with Crippen LogP contribution in [0.5, 0.6) is 0 Å². The van der Waals surface area contributed by atoms with Crippen molar-refractivity contribution < 1.29 is 4.79 Å². The van der Waals surface area contributed by atoms with E-state index in [1.807, 2.05) is 6.07 Å². The number of nitrogens with one attached hydrogen (secondary N) is 1. The lowest BCUT2D eigenvalue weighted by Crippen LogP contribution is -2.43. The fourth-order valence-electron chi connectivity index (χ4n) is 4.92. The van der Waals surface area contributed by atoms with Crippen LogP contribution in [-0.2, 0) is 19.5 Å². The zero-order valence-corrected chi connectivity index (χ0v) is 19.9. The highest BCUT2D eigenvalue weighted by Gasteiger charge is 2.33. The number of hydrogen-bond acceptors (Lipinski definition) is 5. The van der Waals surface area contributed by atoms with E-state index in [0.717, 1.165) is 50.0 Å². The summed E-state index contributed by atoms with van der Waals surface area (Å²) in [5.41, 5.74) is 5.89. The Morgan fingerprint density at radius 1 is 1.24 bits per heavy atom. The Hall–Kier alpha value is -3.21. The first-order valence-electron chi connectivity index (χ1n) is 11.8. The molecule has 1 aromatic heterocycles. The Morgan fingerprint density at radius 2 is 2.09 bits per heavy atom. The van der Waals surface area contributed by atoms with Crippen LogP contribution in [0.2, 0.25) is 5.02 Å². The molecule has 2 aromatic carbocycles. The van der Waals surface area contributed by atoms with Gasteiger partial charge in [-0.05, 0) is 72.2 Å². The molecule has 0 saturated heterocycles. The standard InChI is InChI=1S/C26H27ClN6O/c1-2-32-8-7-18-9-17(3-4-20(18)15-32)14-33-16-25(30-31-33)26(34)29-23-10-21(11-23)24-12-22(27)6-5-19(24)13-28/h3-6,9,12,16,21,23H,2,7-8,10-11,14-15H2,1H3,(H,29,34). The number of nitriles is 1. The van der Waals surface area contributed by atoms with Gasteiger partial charge in [0.15, 0.2) is 5.69 Å². The number of fused-ring (bicyclic) bond motifs is 1. The van der Waals surface area contributed by atoms with E-state index in [2.05, 4.69) is 51.7 Å². The minimum Gasteiger partial charge on any atom is -0.348 e. The molecule has 8 heteroatoms. The van der Waals surface area contributed by atoms with Crippen molar-refractivity contribution in [2.24, 2.45) is 0 Å². The van der Waals surface area contributed by atoms with Crippen LogP contribution in [0.25, 0.3) is 0 Å². The summed E-state index contributed by atoms with van der Waals surface area (Å²) in [4.78, 5) is 15.1. The maximum atomic E-state index is 12.7. The molecule has 2 heterocycles. The second-order valence-corrected chi connectivity index (χ2v) is 9.64. The SMILES string of the molecule is CCN1CCc2cc(Cn3cc(C(=O)NC4CC(c5cc(Cl)ccc5C#N)C4)nn3)ccc2C1. The van der Waals surface area contributed by atoms with Gasteiger partial charge in [-0.25, -0.2) is 4.68 Å². The van der Waals surface area contributed by atoms with Crippen LogP contribution in [0, 0.1) is 11.3 Å². The predicted octanol–water partition coefficient (Wildman–Crippen LogP) is 3.91. The number of aromatic nitrogens is 3. The molecule has 1 N–H and O–H groups in total. The van der Waals surface area contributed by atoms with Crippen molar-refractivity contribution in [3.63, 3.8) is 0 Å². The summed E-state index contributed by atoms with van der Waals surface area (Å²) in [5, 5.41) is 21.2. The molecule has 34 heavy (non-hydrogen) atoms. The van der Waals surface area contributed by atoms with Crippen molar-refractivity contribution in [3.05, 3.63) is 81.1 Å². The minimum absolute atomic E-state index is 0.0523. The number of halogens is 1. The van der Waals surface area contributed by atoms with Gasteiger partial charge in [0.25, 0.3) is 5.91 Å². The molecule has 1 saturated carbocycles. The van der Waals surface area contributed by atoms with Crippen molar-refractivity contribution in [3.8, 4) is 6.07 Å². The zero-order valence-electron chi connectivity index (χ0n) is 19.2. The molecule has 1 amide bonds. The number of nitrogens with zero attached hydrogens (tertiary/aromatic N) is 5. The molecule has 174 valence electrons. The quantitative estimate of drug-likeness (QED) is 0.585. The predicted molar refractivity (Wildman–Crippen MR) is 130 cm³/mol. The van der Waals surface area contributed by atoms with Crippen LogP contribution in [0.1, 0.15) is 64.0 Å². The van der Waals surface area contributed by atoms with Crippen molar-refractivity contribution in [1.29, 1.82) is 5.26 Å².